The van der Waals surface area contributed by atoms with Crippen LogP contribution in [0, 0.1) is 0 Å². The van der Waals surface area contributed by atoms with Crippen LogP contribution in [0.15, 0.2) is 23.2 Å². The van der Waals surface area contributed by atoms with Crippen molar-refractivity contribution in [2.24, 2.45) is 4.99 Å². The van der Waals surface area contributed by atoms with Gasteiger partial charge in [-0.1, -0.05) is 6.92 Å². The second-order valence-corrected chi connectivity index (χ2v) is 4.70. The van der Waals surface area contributed by atoms with E-state index in [0.29, 0.717) is 12.0 Å². The van der Waals surface area contributed by atoms with Crippen LogP contribution in [-0.4, -0.2) is 25.4 Å². The van der Waals surface area contributed by atoms with Gasteiger partial charge in [0, 0.05) is 23.9 Å². The Labute approximate surface area is 102 Å². The SMILES string of the molecule is CCC1=NCCC2c3cc(OC)ccc3NC12. The van der Waals surface area contributed by atoms with Crippen molar-refractivity contribution in [1.29, 1.82) is 0 Å². The van der Waals surface area contributed by atoms with Crippen molar-refractivity contribution in [3.8, 4) is 5.75 Å². The Balaban J connectivity index is 1.99. The van der Waals surface area contributed by atoms with E-state index in [1.807, 2.05) is 6.07 Å². The van der Waals surface area contributed by atoms with Gasteiger partial charge in [0.25, 0.3) is 0 Å². The lowest BCUT2D eigenvalue weighted by molar-refractivity contribution is 0.414. The number of hydrogen-bond donors (Lipinski definition) is 1. The van der Waals surface area contributed by atoms with Crippen molar-refractivity contribution in [3.63, 3.8) is 0 Å². The Morgan fingerprint density at radius 3 is 3.12 bits per heavy atom. The molecule has 0 radical (unpaired) electrons. The highest BCUT2D eigenvalue weighted by atomic mass is 16.5. The number of methoxy groups -OCH3 is 1. The maximum Gasteiger partial charge on any atom is 0.119 e. The van der Waals surface area contributed by atoms with E-state index in [1.165, 1.54) is 17.0 Å². The van der Waals surface area contributed by atoms with E-state index in [4.69, 9.17) is 4.74 Å². The maximum atomic E-state index is 5.31. The molecular formula is C14H18N2O. The molecule has 0 saturated carbocycles. The number of aliphatic imine (C=N–C) groups is 1. The Morgan fingerprint density at radius 2 is 2.35 bits per heavy atom. The summed E-state index contributed by atoms with van der Waals surface area (Å²) >= 11 is 0. The minimum Gasteiger partial charge on any atom is -0.497 e. The molecule has 1 N–H and O–H groups in total. The van der Waals surface area contributed by atoms with Crippen LogP contribution in [0.4, 0.5) is 5.69 Å². The first-order valence-corrected chi connectivity index (χ1v) is 6.31. The Kier molecular flexibility index (Phi) is 2.54. The van der Waals surface area contributed by atoms with Gasteiger partial charge in [-0.15, -0.1) is 0 Å². The summed E-state index contributed by atoms with van der Waals surface area (Å²) in [4.78, 5) is 4.64. The third kappa shape index (κ3) is 1.61. The highest BCUT2D eigenvalue weighted by molar-refractivity contribution is 5.95. The highest BCUT2D eigenvalue weighted by Crippen LogP contribution is 2.42. The quantitative estimate of drug-likeness (QED) is 0.847. The molecule has 17 heavy (non-hydrogen) atoms. The van der Waals surface area contributed by atoms with Crippen molar-refractivity contribution < 1.29 is 4.74 Å². The number of ether oxygens (including phenoxy) is 1. The monoisotopic (exact) mass is 230 g/mol. The standard InChI is InChI=1S/C14H18N2O/c1-3-12-14-10(6-7-15-12)11-8-9(17-2)4-5-13(11)16-14/h4-5,8,10,14,16H,3,6-7H2,1-2H3. The first kappa shape index (κ1) is 10.6. The predicted octanol–water partition coefficient (Wildman–Crippen LogP) is 2.83. The fraction of sp³-hybridized carbons (Fsp3) is 0.500. The molecule has 0 fully saturated rings. The van der Waals surface area contributed by atoms with Gasteiger partial charge in [-0.2, -0.15) is 0 Å². The molecule has 0 saturated heterocycles. The summed E-state index contributed by atoms with van der Waals surface area (Å²) in [6, 6.07) is 6.73. The summed E-state index contributed by atoms with van der Waals surface area (Å²) in [5.41, 5.74) is 3.97. The Bertz CT molecular complexity index is 467. The van der Waals surface area contributed by atoms with Crippen LogP contribution in [0.2, 0.25) is 0 Å². The van der Waals surface area contributed by atoms with Crippen LogP contribution in [0.5, 0.6) is 5.75 Å². The highest BCUT2D eigenvalue weighted by Gasteiger charge is 2.36. The zero-order chi connectivity index (χ0) is 11.8. The van der Waals surface area contributed by atoms with Gasteiger partial charge in [0.1, 0.15) is 5.75 Å². The van der Waals surface area contributed by atoms with E-state index in [0.717, 1.165) is 25.1 Å². The molecule has 0 amide bonds. The second-order valence-electron chi connectivity index (χ2n) is 4.70. The molecule has 2 aliphatic rings. The number of nitrogens with zero attached hydrogens (tertiary/aromatic N) is 1. The first-order chi connectivity index (χ1) is 8.33. The molecule has 1 aromatic carbocycles. The van der Waals surface area contributed by atoms with Gasteiger partial charge in [-0.05, 0) is 36.6 Å². The summed E-state index contributed by atoms with van der Waals surface area (Å²) in [7, 11) is 1.72. The van der Waals surface area contributed by atoms with Crippen molar-refractivity contribution in [2.75, 3.05) is 19.0 Å². The summed E-state index contributed by atoms with van der Waals surface area (Å²) in [6.07, 6.45) is 2.18. The molecular weight excluding hydrogens is 212 g/mol. The fourth-order valence-corrected chi connectivity index (χ4v) is 2.97. The average Bonchev–Trinajstić information content (AvgIpc) is 2.76. The number of hydrogen-bond acceptors (Lipinski definition) is 3. The normalized spacial score (nSPS) is 25.6. The number of nitrogens with one attached hydrogen (secondary N) is 1. The number of rotatable bonds is 2. The van der Waals surface area contributed by atoms with Gasteiger partial charge < -0.3 is 10.1 Å². The summed E-state index contributed by atoms with van der Waals surface area (Å²) in [5, 5.41) is 3.60. The molecule has 3 rings (SSSR count). The van der Waals surface area contributed by atoms with Crippen LogP contribution < -0.4 is 10.1 Å². The van der Waals surface area contributed by atoms with Gasteiger partial charge >= 0.3 is 0 Å². The van der Waals surface area contributed by atoms with E-state index in [-0.39, 0.29) is 0 Å². The molecule has 0 aliphatic carbocycles. The Hall–Kier alpha value is -1.51. The minimum absolute atomic E-state index is 0.413. The van der Waals surface area contributed by atoms with Gasteiger partial charge in [0.05, 0.1) is 13.2 Å². The lowest BCUT2D eigenvalue weighted by atomic mass is 9.86. The minimum atomic E-state index is 0.413. The van der Waals surface area contributed by atoms with E-state index in [9.17, 15) is 0 Å². The zero-order valence-corrected chi connectivity index (χ0v) is 10.4. The van der Waals surface area contributed by atoms with Crippen LogP contribution in [0.3, 0.4) is 0 Å². The molecule has 2 aliphatic heterocycles. The summed E-state index contributed by atoms with van der Waals surface area (Å²) in [5.74, 6) is 1.53. The molecule has 0 spiro atoms. The van der Waals surface area contributed by atoms with E-state index < -0.39 is 0 Å². The number of fused-ring (bicyclic) bond motifs is 3. The molecule has 2 atom stereocenters. The molecule has 0 bridgehead atoms. The maximum absolute atomic E-state index is 5.31. The van der Waals surface area contributed by atoms with Crippen LogP contribution in [0.25, 0.3) is 0 Å². The molecule has 3 heteroatoms. The average molecular weight is 230 g/mol. The second kappa shape index (κ2) is 4.06. The van der Waals surface area contributed by atoms with Crippen LogP contribution >= 0.6 is 0 Å². The largest absolute Gasteiger partial charge is 0.497 e. The third-order valence-electron chi connectivity index (χ3n) is 3.85. The predicted molar refractivity (Wildman–Crippen MR) is 70.4 cm³/mol. The van der Waals surface area contributed by atoms with Gasteiger partial charge in [0.2, 0.25) is 0 Å². The Morgan fingerprint density at radius 1 is 1.47 bits per heavy atom. The van der Waals surface area contributed by atoms with E-state index in [2.05, 4.69) is 29.4 Å². The van der Waals surface area contributed by atoms with Crippen LogP contribution in [-0.2, 0) is 0 Å². The third-order valence-corrected chi connectivity index (χ3v) is 3.85. The molecule has 1 aromatic rings. The van der Waals surface area contributed by atoms with Crippen molar-refractivity contribution >= 4 is 11.4 Å². The van der Waals surface area contributed by atoms with Crippen molar-refractivity contribution in [1.82, 2.24) is 0 Å². The smallest absolute Gasteiger partial charge is 0.119 e. The molecule has 2 heterocycles. The number of benzene rings is 1. The molecule has 2 unspecified atom stereocenters. The summed E-state index contributed by atoms with van der Waals surface area (Å²) in [6.45, 7) is 3.15. The van der Waals surface area contributed by atoms with Gasteiger partial charge in [-0.3, -0.25) is 4.99 Å². The first-order valence-electron chi connectivity index (χ1n) is 6.31. The molecule has 0 aromatic heterocycles. The molecule has 90 valence electrons. The lowest BCUT2D eigenvalue weighted by Gasteiger charge is -2.25. The van der Waals surface area contributed by atoms with Gasteiger partial charge in [-0.25, -0.2) is 0 Å². The van der Waals surface area contributed by atoms with Crippen LogP contribution in [0.1, 0.15) is 31.2 Å². The van der Waals surface area contributed by atoms with Crippen molar-refractivity contribution in [3.05, 3.63) is 23.8 Å². The molecule has 3 nitrogen and oxygen atoms in total. The van der Waals surface area contributed by atoms with E-state index >= 15 is 0 Å². The van der Waals surface area contributed by atoms with Crippen molar-refractivity contribution in [2.45, 2.75) is 31.7 Å². The zero-order valence-electron chi connectivity index (χ0n) is 10.4. The topological polar surface area (TPSA) is 33.6 Å². The lowest BCUT2D eigenvalue weighted by Crippen LogP contribution is -2.33. The van der Waals surface area contributed by atoms with Gasteiger partial charge in [0.15, 0.2) is 0 Å². The van der Waals surface area contributed by atoms with E-state index in [1.54, 1.807) is 7.11 Å². The summed E-state index contributed by atoms with van der Waals surface area (Å²) < 4.78 is 5.31. The number of anilines is 1. The fourth-order valence-electron chi connectivity index (χ4n) is 2.97.